The van der Waals surface area contributed by atoms with Crippen LogP contribution in [-0.4, -0.2) is 25.0 Å². The van der Waals surface area contributed by atoms with E-state index < -0.39 is 0 Å². The van der Waals surface area contributed by atoms with Gasteiger partial charge in [0.2, 0.25) is 5.91 Å². The third-order valence-corrected chi connectivity index (χ3v) is 3.29. The summed E-state index contributed by atoms with van der Waals surface area (Å²) < 4.78 is 4.79. The van der Waals surface area contributed by atoms with Gasteiger partial charge in [-0.25, -0.2) is 0 Å². The van der Waals surface area contributed by atoms with Crippen molar-refractivity contribution in [2.24, 2.45) is 0 Å². The predicted octanol–water partition coefficient (Wildman–Crippen LogP) is 3.00. The summed E-state index contributed by atoms with van der Waals surface area (Å²) in [7, 11) is 0. The van der Waals surface area contributed by atoms with Crippen molar-refractivity contribution < 1.29 is 14.3 Å². The maximum atomic E-state index is 11.7. The van der Waals surface area contributed by atoms with E-state index in [2.05, 4.69) is 5.32 Å². The van der Waals surface area contributed by atoms with Crippen molar-refractivity contribution in [1.82, 2.24) is 5.32 Å². The summed E-state index contributed by atoms with van der Waals surface area (Å²) in [5.41, 5.74) is 0.610. The first kappa shape index (κ1) is 16.8. The molecule has 0 aliphatic rings. The van der Waals surface area contributed by atoms with Crippen LogP contribution in [0.5, 0.6) is 0 Å². The number of hydrogen-bond acceptors (Lipinski definition) is 3. The highest BCUT2D eigenvalue weighted by atomic mass is 35.5. The predicted molar refractivity (Wildman–Crippen MR) is 79.0 cm³/mol. The highest BCUT2D eigenvalue weighted by Gasteiger charge is 2.10. The van der Waals surface area contributed by atoms with E-state index in [0.717, 1.165) is 0 Å². The lowest BCUT2D eigenvalue weighted by Crippen LogP contribution is -2.26. The van der Waals surface area contributed by atoms with Crippen LogP contribution >= 0.6 is 23.2 Å². The van der Waals surface area contributed by atoms with Gasteiger partial charge in [-0.3, -0.25) is 9.59 Å². The Hall–Kier alpha value is -1.26. The van der Waals surface area contributed by atoms with Crippen LogP contribution in [0.4, 0.5) is 0 Å². The highest BCUT2D eigenvalue weighted by molar-refractivity contribution is 6.36. The smallest absolute Gasteiger partial charge is 0.305 e. The van der Waals surface area contributed by atoms with Crippen molar-refractivity contribution in [2.45, 2.75) is 26.2 Å². The third kappa shape index (κ3) is 5.80. The van der Waals surface area contributed by atoms with Gasteiger partial charge in [0, 0.05) is 23.0 Å². The minimum absolute atomic E-state index is 0.123. The first-order chi connectivity index (χ1) is 9.54. The Morgan fingerprint density at radius 1 is 1.25 bits per heavy atom. The second-order valence-electron chi connectivity index (χ2n) is 4.14. The molecule has 0 aliphatic heterocycles. The van der Waals surface area contributed by atoms with Crippen molar-refractivity contribution in [3.05, 3.63) is 33.8 Å². The SMILES string of the molecule is CCOC(=O)CCCNC(=O)Cc1c(Cl)cccc1Cl. The molecule has 1 rings (SSSR count). The Balaban J connectivity index is 2.32. The Bertz CT molecular complexity index is 457. The van der Waals surface area contributed by atoms with E-state index in [4.69, 9.17) is 27.9 Å². The first-order valence-corrected chi connectivity index (χ1v) is 7.15. The minimum atomic E-state index is -0.254. The number of halogens is 2. The molecule has 0 atom stereocenters. The van der Waals surface area contributed by atoms with E-state index >= 15 is 0 Å². The molecule has 1 aromatic rings. The number of benzene rings is 1. The Labute approximate surface area is 128 Å². The summed E-state index contributed by atoms with van der Waals surface area (Å²) in [5.74, 6) is -0.431. The van der Waals surface area contributed by atoms with E-state index in [9.17, 15) is 9.59 Å². The molecule has 1 N–H and O–H groups in total. The fourth-order valence-corrected chi connectivity index (χ4v) is 2.15. The highest BCUT2D eigenvalue weighted by Crippen LogP contribution is 2.24. The van der Waals surface area contributed by atoms with Crippen LogP contribution < -0.4 is 5.32 Å². The van der Waals surface area contributed by atoms with Crippen molar-refractivity contribution in [1.29, 1.82) is 0 Å². The molecule has 0 aromatic heterocycles. The van der Waals surface area contributed by atoms with Crippen molar-refractivity contribution >= 4 is 35.1 Å². The minimum Gasteiger partial charge on any atom is -0.466 e. The molecule has 0 radical (unpaired) electrons. The number of esters is 1. The fraction of sp³-hybridized carbons (Fsp3) is 0.429. The van der Waals surface area contributed by atoms with Gasteiger partial charge < -0.3 is 10.1 Å². The largest absolute Gasteiger partial charge is 0.466 e. The van der Waals surface area contributed by atoms with Crippen LogP contribution in [-0.2, 0) is 20.7 Å². The number of nitrogens with one attached hydrogen (secondary N) is 1. The van der Waals surface area contributed by atoms with Crippen LogP contribution in [0, 0.1) is 0 Å². The number of ether oxygens (including phenoxy) is 1. The van der Waals surface area contributed by atoms with E-state index in [0.29, 0.717) is 41.6 Å². The molecule has 0 fully saturated rings. The maximum absolute atomic E-state index is 11.7. The first-order valence-electron chi connectivity index (χ1n) is 6.39. The van der Waals surface area contributed by atoms with E-state index in [1.165, 1.54) is 0 Å². The number of rotatable bonds is 7. The summed E-state index contributed by atoms with van der Waals surface area (Å²) in [6.07, 6.45) is 0.958. The van der Waals surface area contributed by atoms with E-state index in [1.54, 1.807) is 25.1 Å². The van der Waals surface area contributed by atoms with Gasteiger partial charge in [-0.15, -0.1) is 0 Å². The fourth-order valence-electron chi connectivity index (χ4n) is 1.62. The molecule has 0 saturated carbocycles. The second-order valence-corrected chi connectivity index (χ2v) is 4.95. The zero-order valence-corrected chi connectivity index (χ0v) is 12.8. The maximum Gasteiger partial charge on any atom is 0.305 e. The summed E-state index contributed by atoms with van der Waals surface area (Å²) >= 11 is 12.0. The molecule has 0 saturated heterocycles. The van der Waals surface area contributed by atoms with Gasteiger partial charge in [-0.2, -0.15) is 0 Å². The van der Waals surface area contributed by atoms with Gasteiger partial charge in [-0.1, -0.05) is 29.3 Å². The molecule has 1 aromatic carbocycles. The van der Waals surface area contributed by atoms with E-state index in [-0.39, 0.29) is 18.3 Å². The normalized spacial score (nSPS) is 10.2. The van der Waals surface area contributed by atoms with Crippen LogP contribution in [0.1, 0.15) is 25.3 Å². The van der Waals surface area contributed by atoms with Crippen LogP contribution in [0.25, 0.3) is 0 Å². The Morgan fingerprint density at radius 2 is 1.90 bits per heavy atom. The number of carbonyl (C=O) groups is 2. The number of hydrogen-bond donors (Lipinski definition) is 1. The Kier molecular flexibility index (Phi) is 7.41. The van der Waals surface area contributed by atoms with Crippen LogP contribution in [0.2, 0.25) is 10.0 Å². The molecule has 6 heteroatoms. The molecular weight excluding hydrogens is 301 g/mol. The molecule has 20 heavy (non-hydrogen) atoms. The van der Waals surface area contributed by atoms with Gasteiger partial charge in [-0.05, 0) is 31.0 Å². The standard InChI is InChI=1S/C14H17Cl2NO3/c1-2-20-14(19)7-4-8-17-13(18)9-10-11(15)5-3-6-12(10)16/h3,5-6H,2,4,7-9H2,1H3,(H,17,18). The zero-order valence-electron chi connectivity index (χ0n) is 11.2. The summed E-state index contributed by atoms with van der Waals surface area (Å²) in [4.78, 5) is 22.8. The second kappa shape index (κ2) is 8.82. The lowest BCUT2D eigenvalue weighted by atomic mass is 10.1. The van der Waals surface area contributed by atoms with Crippen LogP contribution in [0.15, 0.2) is 18.2 Å². The monoisotopic (exact) mass is 317 g/mol. The molecule has 0 bridgehead atoms. The van der Waals surface area contributed by atoms with Gasteiger partial charge in [0.05, 0.1) is 13.0 Å². The summed E-state index contributed by atoms with van der Waals surface area (Å²) in [6.45, 7) is 2.54. The van der Waals surface area contributed by atoms with Gasteiger partial charge in [0.1, 0.15) is 0 Å². The third-order valence-electron chi connectivity index (χ3n) is 2.58. The molecule has 1 amide bonds. The number of carbonyl (C=O) groups excluding carboxylic acids is 2. The topological polar surface area (TPSA) is 55.4 Å². The molecule has 110 valence electrons. The summed E-state index contributed by atoms with van der Waals surface area (Å²) in [5, 5.41) is 3.66. The van der Waals surface area contributed by atoms with E-state index in [1.807, 2.05) is 0 Å². The van der Waals surface area contributed by atoms with Gasteiger partial charge in [0.15, 0.2) is 0 Å². The van der Waals surface area contributed by atoms with Gasteiger partial charge in [0.25, 0.3) is 0 Å². The lowest BCUT2D eigenvalue weighted by molar-refractivity contribution is -0.143. The molecule has 0 aliphatic carbocycles. The lowest BCUT2D eigenvalue weighted by Gasteiger charge is -2.08. The molecular formula is C14H17Cl2NO3. The Morgan fingerprint density at radius 3 is 2.50 bits per heavy atom. The van der Waals surface area contributed by atoms with Crippen molar-refractivity contribution in [2.75, 3.05) is 13.2 Å². The zero-order chi connectivity index (χ0) is 15.0. The number of amides is 1. The van der Waals surface area contributed by atoms with Crippen LogP contribution in [0.3, 0.4) is 0 Å². The van der Waals surface area contributed by atoms with Crippen molar-refractivity contribution in [3.8, 4) is 0 Å². The summed E-state index contributed by atoms with van der Waals surface area (Å²) in [6, 6.07) is 5.11. The van der Waals surface area contributed by atoms with Crippen molar-refractivity contribution in [3.63, 3.8) is 0 Å². The quantitative estimate of drug-likeness (QED) is 0.621. The average molecular weight is 318 g/mol. The molecule has 0 unspecified atom stereocenters. The molecule has 0 spiro atoms. The van der Waals surface area contributed by atoms with Gasteiger partial charge >= 0.3 is 5.97 Å². The average Bonchev–Trinajstić information content (AvgIpc) is 2.39. The molecule has 0 heterocycles. The molecule has 4 nitrogen and oxygen atoms in total.